The number of esters is 1. The highest BCUT2D eigenvalue weighted by molar-refractivity contribution is 6.01. The van der Waals surface area contributed by atoms with Crippen LogP contribution in [0.5, 0.6) is 5.75 Å². The molecule has 0 atom stereocenters. The summed E-state index contributed by atoms with van der Waals surface area (Å²) in [4.78, 5) is 24.0. The van der Waals surface area contributed by atoms with Crippen LogP contribution in [0.15, 0.2) is 48.0 Å². The summed E-state index contributed by atoms with van der Waals surface area (Å²) in [6.45, 7) is 0.188. The van der Waals surface area contributed by atoms with Gasteiger partial charge in [0.1, 0.15) is 11.3 Å². The van der Waals surface area contributed by atoms with Gasteiger partial charge in [0.15, 0.2) is 6.61 Å². The van der Waals surface area contributed by atoms with Crippen LogP contribution in [0.3, 0.4) is 0 Å². The maximum Gasteiger partial charge on any atom is 0.342 e. The quantitative estimate of drug-likeness (QED) is 0.613. The van der Waals surface area contributed by atoms with Crippen LogP contribution in [0.2, 0.25) is 0 Å². The van der Waals surface area contributed by atoms with Gasteiger partial charge in [-0.25, -0.2) is 4.79 Å². The van der Waals surface area contributed by atoms with Gasteiger partial charge in [-0.3, -0.25) is 4.79 Å². The second-order valence-electron chi connectivity index (χ2n) is 6.47. The fraction of sp³-hybridized carbons (Fsp3) is 0.333. The Balaban J connectivity index is 1.49. The van der Waals surface area contributed by atoms with Gasteiger partial charge < -0.3 is 15.2 Å². The molecule has 0 bridgehead atoms. The molecule has 0 fully saturated rings. The molecule has 0 spiro atoms. The molecular weight excluding hydrogens is 330 g/mol. The van der Waals surface area contributed by atoms with E-state index in [0.717, 1.165) is 24.6 Å². The molecule has 136 valence electrons. The highest BCUT2D eigenvalue weighted by Gasteiger charge is 2.16. The number of nitrogens with one attached hydrogen (secondary N) is 1. The maximum absolute atomic E-state index is 12.2. The van der Waals surface area contributed by atoms with Gasteiger partial charge in [-0.2, -0.15) is 0 Å². The lowest BCUT2D eigenvalue weighted by molar-refractivity contribution is -0.124. The van der Waals surface area contributed by atoms with Crippen molar-refractivity contribution in [1.29, 1.82) is 0 Å². The molecule has 0 saturated carbocycles. The number of hydrogen-bond acceptors (Lipinski definition) is 4. The van der Waals surface area contributed by atoms with Gasteiger partial charge in [-0.05, 0) is 43.6 Å². The van der Waals surface area contributed by atoms with E-state index < -0.39 is 5.97 Å². The van der Waals surface area contributed by atoms with Crippen LogP contribution in [0, 0.1) is 0 Å². The fourth-order valence-electron chi connectivity index (χ4n) is 3.17. The molecule has 1 aliphatic rings. The summed E-state index contributed by atoms with van der Waals surface area (Å²) in [5, 5.41) is 14.4. The van der Waals surface area contributed by atoms with Gasteiger partial charge in [0.25, 0.3) is 5.91 Å². The molecule has 0 radical (unpaired) electrons. The Morgan fingerprint density at radius 2 is 1.96 bits per heavy atom. The van der Waals surface area contributed by atoms with Crippen molar-refractivity contribution in [2.24, 2.45) is 0 Å². The highest BCUT2D eigenvalue weighted by atomic mass is 16.5. The molecule has 5 heteroatoms. The zero-order valence-corrected chi connectivity index (χ0v) is 14.7. The smallest absolute Gasteiger partial charge is 0.342 e. The second kappa shape index (κ2) is 8.52. The van der Waals surface area contributed by atoms with Gasteiger partial charge in [-0.1, -0.05) is 42.0 Å². The Morgan fingerprint density at radius 1 is 1.12 bits per heavy atom. The van der Waals surface area contributed by atoms with Crippen molar-refractivity contribution in [3.05, 3.63) is 53.6 Å². The van der Waals surface area contributed by atoms with Crippen molar-refractivity contribution in [3.8, 4) is 5.75 Å². The topological polar surface area (TPSA) is 75.6 Å². The third kappa shape index (κ3) is 4.42. The Bertz CT molecular complexity index is 841. The number of ether oxygens (including phenoxy) is 1. The van der Waals surface area contributed by atoms with Crippen molar-refractivity contribution in [2.75, 3.05) is 13.2 Å². The van der Waals surface area contributed by atoms with E-state index in [4.69, 9.17) is 4.74 Å². The third-order valence-corrected chi connectivity index (χ3v) is 4.61. The summed E-state index contributed by atoms with van der Waals surface area (Å²) in [6.07, 6.45) is 7.77. The third-order valence-electron chi connectivity index (χ3n) is 4.61. The first-order valence-corrected chi connectivity index (χ1v) is 8.97. The van der Waals surface area contributed by atoms with Crippen molar-refractivity contribution in [1.82, 2.24) is 5.32 Å². The summed E-state index contributed by atoms with van der Waals surface area (Å²) < 4.78 is 5.04. The van der Waals surface area contributed by atoms with Crippen LogP contribution >= 0.6 is 0 Å². The lowest BCUT2D eigenvalue weighted by Crippen LogP contribution is -2.29. The van der Waals surface area contributed by atoms with E-state index in [1.807, 2.05) is 12.1 Å². The number of amides is 1. The molecule has 2 aromatic carbocycles. The Hall–Kier alpha value is -2.82. The molecule has 0 aliphatic heterocycles. The number of hydrogen-bond donors (Lipinski definition) is 2. The molecule has 26 heavy (non-hydrogen) atoms. The standard InChI is InChI=1S/C21H23NO4/c23-19(22-13-12-15-6-2-1-3-7-15)14-26-21(25)18-11-10-16-8-4-5-9-17(16)20(18)24/h4-6,8-11,24H,1-3,7,12-14H2,(H,22,23). The molecule has 0 heterocycles. The maximum atomic E-state index is 12.2. The Kier molecular flexibility index (Phi) is 5.89. The Morgan fingerprint density at radius 3 is 2.77 bits per heavy atom. The van der Waals surface area contributed by atoms with Gasteiger partial charge in [-0.15, -0.1) is 0 Å². The number of phenols is 1. The predicted molar refractivity (Wildman–Crippen MR) is 100 cm³/mol. The zero-order valence-electron chi connectivity index (χ0n) is 14.7. The fourth-order valence-corrected chi connectivity index (χ4v) is 3.17. The van der Waals surface area contributed by atoms with Crippen LogP contribution in [0.25, 0.3) is 10.8 Å². The van der Waals surface area contributed by atoms with E-state index in [2.05, 4.69) is 11.4 Å². The number of rotatable bonds is 6. The van der Waals surface area contributed by atoms with Crippen molar-refractivity contribution >= 4 is 22.6 Å². The van der Waals surface area contributed by atoms with E-state index in [-0.39, 0.29) is 23.8 Å². The zero-order chi connectivity index (χ0) is 18.4. The van der Waals surface area contributed by atoms with E-state index in [1.165, 1.54) is 24.5 Å². The molecule has 5 nitrogen and oxygen atoms in total. The molecule has 1 amide bonds. The summed E-state index contributed by atoms with van der Waals surface area (Å²) in [7, 11) is 0. The first-order valence-electron chi connectivity index (χ1n) is 8.97. The molecule has 1 aliphatic carbocycles. The predicted octanol–water partition coefficient (Wildman–Crippen LogP) is 3.71. The van der Waals surface area contributed by atoms with E-state index in [1.54, 1.807) is 18.2 Å². The van der Waals surface area contributed by atoms with Gasteiger partial charge in [0.2, 0.25) is 0 Å². The largest absolute Gasteiger partial charge is 0.506 e. The molecule has 3 rings (SSSR count). The normalized spacial score (nSPS) is 13.9. The molecular formula is C21H23NO4. The van der Waals surface area contributed by atoms with Crippen molar-refractivity contribution in [2.45, 2.75) is 32.1 Å². The molecule has 0 unspecified atom stereocenters. The number of fused-ring (bicyclic) bond motifs is 1. The number of carbonyl (C=O) groups excluding carboxylic acids is 2. The molecule has 2 aromatic rings. The number of allylic oxidation sites excluding steroid dienone is 1. The number of aromatic hydroxyl groups is 1. The number of benzene rings is 2. The number of phenolic OH excluding ortho intramolecular Hbond substituents is 1. The minimum Gasteiger partial charge on any atom is -0.506 e. The van der Waals surface area contributed by atoms with Crippen LogP contribution in [0.1, 0.15) is 42.5 Å². The summed E-state index contributed by atoms with van der Waals surface area (Å²) in [5.74, 6) is -1.17. The Labute approximate surface area is 152 Å². The minimum absolute atomic E-state index is 0.0591. The lowest BCUT2D eigenvalue weighted by Gasteiger charge is -2.13. The van der Waals surface area contributed by atoms with Crippen LogP contribution in [-0.2, 0) is 9.53 Å². The van der Waals surface area contributed by atoms with Crippen molar-refractivity contribution < 1.29 is 19.4 Å². The monoisotopic (exact) mass is 353 g/mol. The van der Waals surface area contributed by atoms with Crippen LogP contribution in [0.4, 0.5) is 0 Å². The van der Waals surface area contributed by atoms with Crippen molar-refractivity contribution in [3.63, 3.8) is 0 Å². The average molecular weight is 353 g/mol. The highest BCUT2D eigenvalue weighted by Crippen LogP contribution is 2.28. The van der Waals surface area contributed by atoms with Gasteiger partial charge in [0, 0.05) is 11.9 Å². The van der Waals surface area contributed by atoms with Gasteiger partial charge in [0.05, 0.1) is 0 Å². The summed E-state index contributed by atoms with van der Waals surface area (Å²) in [6, 6.07) is 10.5. The van der Waals surface area contributed by atoms with Crippen LogP contribution in [-0.4, -0.2) is 30.1 Å². The van der Waals surface area contributed by atoms with E-state index >= 15 is 0 Å². The first kappa shape index (κ1) is 18.0. The minimum atomic E-state index is -0.710. The second-order valence-corrected chi connectivity index (χ2v) is 6.47. The first-order chi connectivity index (χ1) is 12.6. The summed E-state index contributed by atoms with van der Waals surface area (Å²) in [5.41, 5.74) is 1.44. The van der Waals surface area contributed by atoms with Gasteiger partial charge >= 0.3 is 5.97 Å². The van der Waals surface area contributed by atoms with E-state index in [0.29, 0.717) is 11.9 Å². The average Bonchev–Trinajstić information content (AvgIpc) is 2.67. The SMILES string of the molecule is O=C(COC(=O)c1ccc2ccccc2c1O)NCCC1=CCCCC1. The molecule has 0 aromatic heterocycles. The lowest BCUT2D eigenvalue weighted by atomic mass is 9.97. The van der Waals surface area contributed by atoms with E-state index in [9.17, 15) is 14.7 Å². The number of carbonyl (C=O) groups is 2. The van der Waals surface area contributed by atoms with Crippen LogP contribution < -0.4 is 5.32 Å². The summed E-state index contributed by atoms with van der Waals surface area (Å²) >= 11 is 0. The molecule has 2 N–H and O–H groups in total. The molecule has 0 saturated heterocycles.